The summed E-state index contributed by atoms with van der Waals surface area (Å²) >= 11 is 0. The van der Waals surface area contributed by atoms with Crippen molar-refractivity contribution >= 4 is 33.5 Å². The summed E-state index contributed by atoms with van der Waals surface area (Å²) in [7, 11) is -0.181. The van der Waals surface area contributed by atoms with E-state index in [1.165, 1.54) is 30.0 Å². The molecular weight excluding hydrogens is 567 g/mol. The van der Waals surface area contributed by atoms with Crippen molar-refractivity contribution in [2.24, 2.45) is 7.05 Å². The standard InChI is InChI=1S/C24H31N5O4S.C2HF3O2/c1-6-18-9-11-20(12-10-18)34(32,33)27-19-14-22(24(30)31)23(25-15-19)28(4)13-7-8-21-16(2)26-29(5)17(21)3;3-2(4,5)1(6)7/h9-12,14-15,27H,6-8,13H2,1-5H3,(H,30,31);(H,6,7). The van der Waals surface area contributed by atoms with E-state index >= 15 is 0 Å². The third kappa shape index (κ3) is 8.93. The second kappa shape index (κ2) is 13.5. The lowest BCUT2D eigenvalue weighted by atomic mass is 10.1. The zero-order chi connectivity index (χ0) is 31.1. The first-order valence-corrected chi connectivity index (χ1v) is 13.8. The molecule has 3 rings (SSSR count). The number of aliphatic carboxylic acids is 1. The average molecular weight is 600 g/mol. The number of aromatic carboxylic acids is 1. The average Bonchev–Trinajstić information content (AvgIpc) is 3.13. The molecule has 0 amide bonds. The number of pyridine rings is 1. The van der Waals surface area contributed by atoms with Gasteiger partial charge in [-0.05, 0) is 62.4 Å². The fourth-order valence-electron chi connectivity index (χ4n) is 3.87. The van der Waals surface area contributed by atoms with E-state index in [0.717, 1.165) is 36.2 Å². The molecule has 3 aromatic rings. The molecule has 0 saturated carbocycles. The van der Waals surface area contributed by atoms with Gasteiger partial charge >= 0.3 is 18.1 Å². The van der Waals surface area contributed by atoms with Gasteiger partial charge in [0.25, 0.3) is 10.0 Å². The van der Waals surface area contributed by atoms with Crippen molar-refractivity contribution in [3.8, 4) is 0 Å². The number of carboxylic acid groups (broad SMARTS) is 2. The molecule has 0 fully saturated rings. The van der Waals surface area contributed by atoms with Crippen LogP contribution in [0.1, 0.15) is 46.2 Å². The maximum atomic E-state index is 12.7. The fraction of sp³-hybridized carbons (Fsp3) is 0.385. The van der Waals surface area contributed by atoms with E-state index < -0.39 is 28.1 Å². The minimum atomic E-state index is -5.08. The van der Waals surface area contributed by atoms with E-state index in [9.17, 15) is 31.5 Å². The van der Waals surface area contributed by atoms with Crippen LogP contribution >= 0.6 is 0 Å². The second-order valence-corrected chi connectivity index (χ2v) is 10.8. The van der Waals surface area contributed by atoms with Gasteiger partial charge in [-0.3, -0.25) is 9.40 Å². The molecule has 41 heavy (non-hydrogen) atoms. The van der Waals surface area contributed by atoms with Crippen LogP contribution in [-0.4, -0.2) is 65.1 Å². The van der Waals surface area contributed by atoms with Gasteiger partial charge in [0, 0.05) is 26.3 Å². The maximum Gasteiger partial charge on any atom is 0.490 e. The number of nitrogens with zero attached hydrogens (tertiary/aromatic N) is 4. The number of hydrogen-bond donors (Lipinski definition) is 3. The first-order chi connectivity index (χ1) is 19.0. The van der Waals surface area contributed by atoms with Crippen LogP contribution < -0.4 is 9.62 Å². The van der Waals surface area contributed by atoms with Gasteiger partial charge in [-0.25, -0.2) is 23.0 Å². The molecule has 0 atom stereocenters. The summed E-state index contributed by atoms with van der Waals surface area (Å²) in [4.78, 5) is 27.0. The van der Waals surface area contributed by atoms with Gasteiger partial charge in [0.2, 0.25) is 0 Å². The molecule has 0 spiro atoms. The van der Waals surface area contributed by atoms with E-state index in [1.54, 1.807) is 24.1 Å². The minimum absolute atomic E-state index is 0.0715. The van der Waals surface area contributed by atoms with Crippen molar-refractivity contribution in [2.45, 2.75) is 51.1 Å². The van der Waals surface area contributed by atoms with Crippen molar-refractivity contribution in [3.05, 3.63) is 64.6 Å². The minimum Gasteiger partial charge on any atom is -0.478 e. The fourth-order valence-corrected chi connectivity index (χ4v) is 4.91. The highest BCUT2D eigenvalue weighted by atomic mass is 32.2. The number of carboxylic acids is 2. The van der Waals surface area contributed by atoms with E-state index in [0.29, 0.717) is 6.54 Å². The number of anilines is 2. The van der Waals surface area contributed by atoms with E-state index in [4.69, 9.17) is 9.90 Å². The summed E-state index contributed by atoms with van der Waals surface area (Å²) in [6.07, 6.45) is -1.35. The van der Waals surface area contributed by atoms with Crippen LogP contribution in [-0.2, 0) is 34.7 Å². The van der Waals surface area contributed by atoms with Gasteiger partial charge in [-0.1, -0.05) is 19.1 Å². The smallest absolute Gasteiger partial charge is 0.478 e. The Morgan fingerprint density at radius 3 is 2.17 bits per heavy atom. The Bertz CT molecular complexity index is 1490. The lowest BCUT2D eigenvalue weighted by molar-refractivity contribution is -0.192. The van der Waals surface area contributed by atoms with Gasteiger partial charge in [0.1, 0.15) is 11.4 Å². The summed E-state index contributed by atoms with van der Waals surface area (Å²) in [6, 6.07) is 7.86. The molecule has 0 bridgehead atoms. The number of nitrogens with one attached hydrogen (secondary N) is 1. The highest BCUT2D eigenvalue weighted by Gasteiger charge is 2.38. The SMILES string of the molecule is CCc1ccc(S(=O)(=O)Nc2cnc(N(C)CCCc3c(C)nn(C)c3C)c(C(=O)O)c2)cc1.O=C(O)C(F)(F)F. The maximum absolute atomic E-state index is 12.7. The quantitative estimate of drug-likeness (QED) is 0.311. The third-order valence-electron chi connectivity index (χ3n) is 6.17. The lowest BCUT2D eigenvalue weighted by Crippen LogP contribution is -2.23. The molecule has 2 aromatic heterocycles. The number of aromatic nitrogens is 3. The van der Waals surface area contributed by atoms with Crippen molar-refractivity contribution in [3.63, 3.8) is 0 Å². The van der Waals surface area contributed by atoms with Gasteiger partial charge in [0.05, 0.1) is 22.5 Å². The van der Waals surface area contributed by atoms with Crippen molar-refractivity contribution in [1.29, 1.82) is 0 Å². The Hall–Kier alpha value is -4.14. The molecule has 224 valence electrons. The number of benzene rings is 1. The Labute approximate surface area is 235 Å². The normalized spacial score (nSPS) is 11.4. The summed E-state index contributed by atoms with van der Waals surface area (Å²) in [5, 5.41) is 21.3. The molecule has 1 aromatic carbocycles. The highest BCUT2D eigenvalue weighted by molar-refractivity contribution is 7.92. The number of carbonyl (C=O) groups is 2. The van der Waals surface area contributed by atoms with Crippen LogP contribution in [0.25, 0.3) is 0 Å². The van der Waals surface area contributed by atoms with Crippen LogP contribution in [0.5, 0.6) is 0 Å². The third-order valence-corrected chi connectivity index (χ3v) is 7.57. The number of alkyl halides is 3. The Morgan fingerprint density at radius 1 is 1.12 bits per heavy atom. The molecule has 0 aliphatic heterocycles. The van der Waals surface area contributed by atoms with E-state index in [1.807, 2.05) is 32.5 Å². The zero-order valence-corrected chi connectivity index (χ0v) is 24.0. The van der Waals surface area contributed by atoms with Crippen molar-refractivity contribution < 1.29 is 41.4 Å². The molecule has 0 saturated heterocycles. The summed E-state index contributed by atoms with van der Waals surface area (Å²) in [5.41, 5.74) is 4.35. The summed E-state index contributed by atoms with van der Waals surface area (Å²) in [5.74, 6) is -3.66. The molecule has 0 radical (unpaired) electrons. The van der Waals surface area contributed by atoms with E-state index in [2.05, 4.69) is 14.8 Å². The van der Waals surface area contributed by atoms with Crippen molar-refractivity contribution in [2.75, 3.05) is 23.2 Å². The van der Waals surface area contributed by atoms with Crippen molar-refractivity contribution in [1.82, 2.24) is 14.8 Å². The molecule has 0 aliphatic carbocycles. The number of sulfonamides is 1. The largest absolute Gasteiger partial charge is 0.490 e. The topological polar surface area (TPSA) is 155 Å². The second-order valence-electron chi connectivity index (χ2n) is 9.10. The molecule has 11 nitrogen and oxygen atoms in total. The predicted octanol–water partition coefficient (Wildman–Crippen LogP) is 4.20. The Morgan fingerprint density at radius 2 is 1.71 bits per heavy atom. The molecule has 15 heteroatoms. The van der Waals surface area contributed by atoms with Gasteiger partial charge in [-0.15, -0.1) is 0 Å². The van der Waals surface area contributed by atoms with Crippen LogP contribution in [0.3, 0.4) is 0 Å². The van der Waals surface area contributed by atoms with Crippen LogP contribution in [0.4, 0.5) is 24.7 Å². The van der Waals surface area contributed by atoms with E-state index in [-0.39, 0.29) is 22.0 Å². The summed E-state index contributed by atoms with van der Waals surface area (Å²) in [6.45, 7) is 6.57. The summed E-state index contributed by atoms with van der Waals surface area (Å²) < 4.78 is 61.5. The lowest BCUT2D eigenvalue weighted by Gasteiger charge is -2.20. The van der Waals surface area contributed by atoms with Crippen LogP contribution in [0.2, 0.25) is 0 Å². The molecule has 0 unspecified atom stereocenters. The molecule has 2 heterocycles. The van der Waals surface area contributed by atoms with Gasteiger partial charge in [-0.2, -0.15) is 18.3 Å². The van der Waals surface area contributed by atoms with Crippen LogP contribution in [0, 0.1) is 13.8 Å². The number of hydrogen-bond acceptors (Lipinski definition) is 7. The molecular formula is C26H32F3N5O6S. The first-order valence-electron chi connectivity index (χ1n) is 12.3. The Kier molecular flexibility index (Phi) is 10.9. The monoisotopic (exact) mass is 599 g/mol. The van der Waals surface area contributed by atoms with Gasteiger partial charge in [0.15, 0.2) is 0 Å². The molecule has 0 aliphatic rings. The number of rotatable bonds is 10. The number of halogens is 3. The zero-order valence-electron chi connectivity index (χ0n) is 23.2. The van der Waals surface area contributed by atoms with Gasteiger partial charge < -0.3 is 15.1 Å². The molecule has 3 N–H and O–H groups in total. The highest BCUT2D eigenvalue weighted by Crippen LogP contribution is 2.24. The number of aryl methyl sites for hydroxylation is 3. The first kappa shape index (κ1) is 33.1. The van der Waals surface area contributed by atoms with Crippen LogP contribution in [0.15, 0.2) is 41.4 Å². The predicted molar refractivity (Wildman–Crippen MR) is 146 cm³/mol. The Balaban J connectivity index is 0.000000745.